The molecule has 0 aromatic heterocycles. The van der Waals surface area contributed by atoms with E-state index in [1.165, 1.54) is 11.1 Å². The zero-order valence-corrected chi connectivity index (χ0v) is 13.1. The maximum atomic E-state index is 3.71. The van der Waals surface area contributed by atoms with Gasteiger partial charge in [0.25, 0.3) is 0 Å². The van der Waals surface area contributed by atoms with Crippen LogP contribution < -0.4 is 10.6 Å². The van der Waals surface area contributed by atoms with Crippen LogP contribution in [0.4, 0.5) is 0 Å². The Balaban J connectivity index is 1.95. The summed E-state index contributed by atoms with van der Waals surface area (Å²) in [7, 11) is 0. The topological polar surface area (TPSA) is 24.1 Å². The zero-order chi connectivity index (χ0) is 15.0. The highest BCUT2D eigenvalue weighted by molar-refractivity contribution is 5.16. The van der Waals surface area contributed by atoms with Crippen molar-refractivity contribution >= 4 is 0 Å². The number of rotatable bonds is 8. The minimum Gasteiger partial charge on any atom is -0.295 e. The van der Waals surface area contributed by atoms with Crippen molar-refractivity contribution in [3.63, 3.8) is 0 Å². The molecule has 0 spiro atoms. The monoisotopic (exact) mass is 282 g/mol. The van der Waals surface area contributed by atoms with Crippen molar-refractivity contribution in [2.75, 3.05) is 0 Å². The highest BCUT2D eigenvalue weighted by Crippen LogP contribution is 2.14. The van der Waals surface area contributed by atoms with Crippen LogP contribution in [0.25, 0.3) is 0 Å². The van der Waals surface area contributed by atoms with E-state index in [2.05, 4.69) is 85.1 Å². The summed E-state index contributed by atoms with van der Waals surface area (Å²) >= 11 is 0. The van der Waals surface area contributed by atoms with Crippen LogP contribution in [0.15, 0.2) is 60.7 Å². The first-order valence-electron chi connectivity index (χ1n) is 7.86. The lowest BCUT2D eigenvalue weighted by atomic mass is 10.0. The summed E-state index contributed by atoms with van der Waals surface area (Å²) in [6.07, 6.45) is 2.12. The third kappa shape index (κ3) is 4.69. The molecule has 0 saturated heterocycles. The Morgan fingerprint density at radius 1 is 0.667 bits per heavy atom. The fraction of sp³-hybridized carbons (Fsp3) is 0.368. The predicted octanol–water partition coefficient (Wildman–Crippen LogP) is 4.08. The van der Waals surface area contributed by atoms with Crippen molar-refractivity contribution in [3.05, 3.63) is 71.8 Å². The third-order valence-corrected chi connectivity index (χ3v) is 4.15. The summed E-state index contributed by atoms with van der Waals surface area (Å²) in [4.78, 5) is 0. The standard InChI is InChI=1S/C19H26N2/c1-3-19(4-2,20-15-17-11-7-5-8-12-17)21-16-18-13-9-6-10-14-18/h5-14,20-21H,3-4,15-16H2,1-2H3. The van der Waals surface area contributed by atoms with E-state index in [4.69, 9.17) is 0 Å². The minimum atomic E-state index is -0.00825. The van der Waals surface area contributed by atoms with Gasteiger partial charge >= 0.3 is 0 Å². The molecule has 0 amide bonds. The Hall–Kier alpha value is -1.64. The Labute approximate surface area is 128 Å². The lowest BCUT2D eigenvalue weighted by Gasteiger charge is -2.34. The molecule has 2 rings (SSSR count). The zero-order valence-electron chi connectivity index (χ0n) is 13.1. The summed E-state index contributed by atoms with van der Waals surface area (Å²) in [5, 5.41) is 7.42. The van der Waals surface area contributed by atoms with Crippen LogP contribution in [0.5, 0.6) is 0 Å². The number of benzene rings is 2. The van der Waals surface area contributed by atoms with Crippen LogP contribution in [0.2, 0.25) is 0 Å². The summed E-state index contributed by atoms with van der Waals surface area (Å²) in [6.45, 7) is 6.26. The van der Waals surface area contributed by atoms with Gasteiger partial charge in [0.05, 0.1) is 5.66 Å². The van der Waals surface area contributed by atoms with Crippen LogP contribution in [-0.4, -0.2) is 5.66 Å². The molecule has 0 aliphatic carbocycles. The van der Waals surface area contributed by atoms with Crippen LogP contribution >= 0.6 is 0 Å². The molecule has 0 saturated carbocycles. The van der Waals surface area contributed by atoms with E-state index in [9.17, 15) is 0 Å². The molecule has 0 bridgehead atoms. The second-order valence-electron chi connectivity index (χ2n) is 5.47. The molecule has 2 aromatic rings. The second kappa shape index (κ2) is 7.96. The maximum absolute atomic E-state index is 3.71. The van der Waals surface area contributed by atoms with Gasteiger partial charge in [-0.15, -0.1) is 0 Å². The van der Waals surface area contributed by atoms with Crippen molar-refractivity contribution in [2.45, 2.75) is 45.4 Å². The van der Waals surface area contributed by atoms with Gasteiger partial charge in [0.1, 0.15) is 0 Å². The van der Waals surface area contributed by atoms with Crippen molar-refractivity contribution in [3.8, 4) is 0 Å². The van der Waals surface area contributed by atoms with Gasteiger partial charge in [-0.05, 0) is 24.0 Å². The summed E-state index contributed by atoms with van der Waals surface area (Å²) in [6, 6.07) is 21.2. The molecule has 0 heterocycles. The van der Waals surface area contributed by atoms with Crippen molar-refractivity contribution in [2.24, 2.45) is 0 Å². The average Bonchev–Trinajstić information content (AvgIpc) is 2.58. The number of hydrogen-bond acceptors (Lipinski definition) is 2. The van der Waals surface area contributed by atoms with E-state index < -0.39 is 0 Å². The van der Waals surface area contributed by atoms with Crippen LogP contribution in [-0.2, 0) is 13.1 Å². The van der Waals surface area contributed by atoms with Crippen LogP contribution in [0, 0.1) is 0 Å². The number of hydrogen-bond donors (Lipinski definition) is 2. The van der Waals surface area contributed by atoms with Gasteiger partial charge in [0, 0.05) is 13.1 Å². The lowest BCUT2D eigenvalue weighted by Crippen LogP contribution is -2.55. The van der Waals surface area contributed by atoms with Crippen molar-refractivity contribution < 1.29 is 0 Å². The van der Waals surface area contributed by atoms with Gasteiger partial charge in [0.2, 0.25) is 0 Å². The molecule has 2 aromatic carbocycles. The highest BCUT2D eigenvalue weighted by atomic mass is 15.2. The molecule has 0 fully saturated rings. The Bertz CT molecular complexity index is 458. The molecule has 2 nitrogen and oxygen atoms in total. The van der Waals surface area contributed by atoms with Crippen LogP contribution in [0.1, 0.15) is 37.8 Å². The Kier molecular flexibility index (Phi) is 5.97. The summed E-state index contributed by atoms with van der Waals surface area (Å²) < 4.78 is 0. The molecule has 112 valence electrons. The van der Waals surface area contributed by atoms with Gasteiger partial charge in [-0.25, -0.2) is 0 Å². The molecular weight excluding hydrogens is 256 g/mol. The fourth-order valence-electron chi connectivity index (χ4n) is 2.55. The van der Waals surface area contributed by atoms with Crippen molar-refractivity contribution in [1.82, 2.24) is 10.6 Å². The lowest BCUT2D eigenvalue weighted by molar-refractivity contribution is 0.231. The molecule has 2 heteroatoms. The van der Waals surface area contributed by atoms with E-state index in [0.717, 1.165) is 25.9 Å². The minimum absolute atomic E-state index is 0.00825. The molecule has 0 aliphatic heterocycles. The first-order valence-corrected chi connectivity index (χ1v) is 7.86. The van der Waals surface area contributed by atoms with Gasteiger partial charge in [0.15, 0.2) is 0 Å². The van der Waals surface area contributed by atoms with Gasteiger partial charge in [-0.3, -0.25) is 10.6 Å². The molecule has 0 radical (unpaired) electrons. The van der Waals surface area contributed by atoms with E-state index >= 15 is 0 Å². The molecule has 0 unspecified atom stereocenters. The van der Waals surface area contributed by atoms with Gasteiger partial charge in [-0.1, -0.05) is 74.5 Å². The summed E-state index contributed by atoms with van der Waals surface area (Å²) in [5.41, 5.74) is 2.64. The van der Waals surface area contributed by atoms with Gasteiger partial charge < -0.3 is 0 Å². The second-order valence-corrected chi connectivity index (χ2v) is 5.47. The van der Waals surface area contributed by atoms with Gasteiger partial charge in [-0.2, -0.15) is 0 Å². The quantitative estimate of drug-likeness (QED) is 0.713. The summed E-state index contributed by atoms with van der Waals surface area (Å²) in [5.74, 6) is 0. The molecule has 0 aliphatic rings. The van der Waals surface area contributed by atoms with E-state index in [0.29, 0.717) is 0 Å². The smallest absolute Gasteiger partial charge is 0.0687 e. The number of nitrogens with one attached hydrogen (secondary N) is 2. The normalized spacial score (nSPS) is 11.5. The van der Waals surface area contributed by atoms with E-state index in [1.807, 2.05) is 0 Å². The van der Waals surface area contributed by atoms with E-state index in [1.54, 1.807) is 0 Å². The first kappa shape index (κ1) is 15.7. The highest BCUT2D eigenvalue weighted by Gasteiger charge is 2.24. The molecule has 21 heavy (non-hydrogen) atoms. The third-order valence-electron chi connectivity index (χ3n) is 4.15. The maximum Gasteiger partial charge on any atom is 0.0687 e. The molecule has 2 N–H and O–H groups in total. The predicted molar refractivity (Wildman–Crippen MR) is 89.9 cm³/mol. The van der Waals surface area contributed by atoms with Crippen molar-refractivity contribution in [1.29, 1.82) is 0 Å². The van der Waals surface area contributed by atoms with E-state index in [-0.39, 0.29) is 5.66 Å². The van der Waals surface area contributed by atoms with Crippen LogP contribution in [0.3, 0.4) is 0 Å². The average molecular weight is 282 g/mol. The first-order chi connectivity index (χ1) is 10.3. The SMILES string of the molecule is CCC(CC)(NCc1ccccc1)NCc1ccccc1. The Morgan fingerprint density at radius 3 is 1.38 bits per heavy atom. The molecular formula is C19H26N2. The molecule has 0 atom stereocenters. The largest absolute Gasteiger partial charge is 0.295 e. The fourth-order valence-corrected chi connectivity index (χ4v) is 2.55. The Morgan fingerprint density at radius 2 is 1.05 bits per heavy atom.